The third kappa shape index (κ3) is 7.21. The van der Waals surface area contributed by atoms with Gasteiger partial charge in [0.1, 0.15) is 0 Å². The molecule has 7 nitrogen and oxygen atoms in total. The molecule has 0 bridgehead atoms. The lowest BCUT2D eigenvalue weighted by atomic mass is 10.1. The summed E-state index contributed by atoms with van der Waals surface area (Å²) >= 11 is 0. The number of carbonyl (C=O) groups excluding carboxylic acids is 1. The number of hydrogen-bond donors (Lipinski definition) is 2. The number of halogens is 1. The van der Waals surface area contributed by atoms with Gasteiger partial charge in [0, 0.05) is 57.8 Å². The van der Waals surface area contributed by atoms with E-state index in [1.54, 1.807) is 0 Å². The molecular weight excluding hydrogens is 515 g/mol. The summed E-state index contributed by atoms with van der Waals surface area (Å²) in [5.41, 5.74) is 4.86. The quantitative estimate of drug-likeness (QED) is 0.285. The first kappa shape index (κ1) is 26.2. The van der Waals surface area contributed by atoms with E-state index in [9.17, 15) is 4.79 Å². The molecule has 1 aromatic heterocycles. The van der Waals surface area contributed by atoms with Crippen molar-refractivity contribution < 1.29 is 4.79 Å². The molecule has 2 aromatic rings. The average Bonchev–Trinajstić information content (AvgIpc) is 3.24. The minimum absolute atomic E-state index is 0. The minimum Gasteiger partial charge on any atom is -0.357 e. The second-order valence-corrected chi connectivity index (χ2v) is 8.31. The van der Waals surface area contributed by atoms with Gasteiger partial charge in [-0.2, -0.15) is 5.10 Å². The van der Waals surface area contributed by atoms with Crippen LogP contribution >= 0.6 is 24.0 Å². The number of benzene rings is 1. The summed E-state index contributed by atoms with van der Waals surface area (Å²) in [6.45, 7) is 10.1. The van der Waals surface area contributed by atoms with E-state index in [2.05, 4.69) is 48.6 Å². The number of carbonyl (C=O) groups is 1. The molecule has 1 saturated heterocycles. The van der Waals surface area contributed by atoms with Gasteiger partial charge < -0.3 is 15.5 Å². The van der Waals surface area contributed by atoms with Gasteiger partial charge in [-0.05, 0) is 44.7 Å². The van der Waals surface area contributed by atoms with Gasteiger partial charge in [-0.3, -0.25) is 14.5 Å². The Morgan fingerprint density at radius 2 is 1.94 bits per heavy atom. The average molecular weight is 553 g/mol. The molecule has 1 atom stereocenters. The second kappa shape index (κ2) is 12.8. The number of nitrogens with zero attached hydrogens (tertiary/aromatic N) is 4. The fraction of sp³-hybridized carbons (Fsp3) is 0.542. The number of aryl methyl sites for hydroxylation is 2. The number of rotatable bonds is 9. The number of likely N-dealkylation sites (tertiary alicyclic amines) is 1. The number of aromatic nitrogens is 2. The number of aliphatic imine (C=N–C) groups is 1. The van der Waals surface area contributed by atoms with Crippen molar-refractivity contribution in [3.05, 3.63) is 52.8 Å². The van der Waals surface area contributed by atoms with Crippen LogP contribution in [0.25, 0.3) is 0 Å². The monoisotopic (exact) mass is 552 g/mol. The number of guanidine groups is 1. The SMILES string of the molecule is CCNC(=NCC1CC(=O)N(CCc2ccccc2)C1)NCCc1c(C)nn(C)c1C.I. The maximum absolute atomic E-state index is 12.4. The van der Waals surface area contributed by atoms with Crippen molar-refractivity contribution in [3.8, 4) is 0 Å². The molecule has 3 rings (SSSR count). The molecule has 0 spiro atoms. The van der Waals surface area contributed by atoms with E-state index in [-0.39, 0.29) is 35.8 Å². The first-order chi connectivity index (χ1) is 15.0. The normalized spacial score (nSPS) is 16.2. The van der Waals surface area contributed by atoms with Gasteiger partial charge in [-0.25, -0.2) is 0 Å². The zero-order valence-electron chi connectivity index (χ0n) is 19.7. The largest absolute Gasteiger partial charge is 0.357 e. The Balaban J connectivity index is 0.00000363. The summed E-state index contributed by atoms with van der Waals surface area (Å²) in [6, 6.07) is 10.3. The molecule has 1 aliphatic heterocycles. The van der Waals surface area contributed by atoms with Crippen LogP contribution in [0, 0.1) is 19.8 Å². The lowest BCUT2D eigenvalue weighted by molar-refractivity contribution is -0.127. The molecule has 2 heterocycles. The predicted octanol–water partition coefficient (Wildman–Crippen LogP) is 2.84. The Kier molecular flexibility index (Phi) is 10.5. The van der Waals surface area contributed by atoms with Crippen molar-refractivity contribution in [1.29, 1.82) is 0 Å². The van der Waals surface area contributed by atoms with Gasteiger partial charge in [0.25, 0.3) is 0 Å². The molecule has 1 fully saturated rings. The van der Waals surface area contributed by atoms with E-state index >= 15 is 0 Å². The number of nitrogens with one attached hydrogen (secondary N) is 2. The third-order valence-electron chi connectivity index (χ3n) is 5.99. The van der Waals surface area contributed by atoms with Crippen molar-refractivity contribution in [2.75, 3.05) is 32.7 Å². The van der Waals surface area contributed by atoms with Gasteiger partial charge in [0.05, 0.1) is 5.69 Å². The van der Waals surface area contributed by atoms with Crippen LogP contribution in [-0.4, -0.2) is 59.3 Å². The lowest BCUT2D eigenvalue weighted by Crippen LogP contribution is -2.38. The van der Waals surface area contributed by atoms with Crippen molar-refractivity contribution in [2.24, 2.45) is 18.0 Å². The maximum atomic E-state index is 12.4. The Labute approximate surface area is 209 Å². The summed E-state index contributed by atoms with van der Waals surface area (Å²) in [7, 11) is 1.98. The first-order valence-corrected chi connectivity index (χ1v) is 11.3. The molecule has 0 aliphatic carbocycles. The molecule has 2 N–H and O–H groups in total. The molecule has 0 radical (unpaired) electrons. The van der Waals surface area contributed by atoms with Gasteiger partial charge in [0.2, 0.25) is 5.91 Å². The molecule has 176 valence electrons. The fourth-order valence-electron chi connectivity index (χ4n) is 4.15. The summed E-state index contributed by atoms with van der Waals surface area (Å²) in [4.78, 5) is 19.2. The molecule has 0 saturated carbocycles. The highest BCUT2D eigenvalue weighted by Gasteiger charge is 2.29. The van der Waals surface area contributed by atoms with Gasteiger partial charge in [0.15, 0.2) is 5.96 Å². The lowest BCUT2D eigenvalue weighted by Gasteiger charge is -2.16. The zero-order valence-corrected chi connectivity index (χ0v) is 22.1. The number of amides is 1. The van der Waals surface area contributed by atoms with E-state index < -0.39 is 0 Å². The van der Waals surface area contributed by atoms with Crippen molar-refractivity contribution >= 4 is 35.8 Å². The van der Waals surface area contributed by atoms with E-state index in [1.807, 2.05) is 34.8 Å². The van der Waals surface area contributed by atoms with Crippen LogP contribution in [0.1, 0.15) is 35.9 Å². The Morgan fingerprint density at radius 1 is 1.19 bits per heavy atom. The van der Waals surface area contributed by atoms with Crippen molar-refractivity contribution in [1.82, 2.24) is 25.3 Å². The minimum atomic E-state index is 0. The molecule has 1 aromatic carbocycles. The highest BCUT2D eigenvalue weighted by Crippen LogP contribution is 2.18. The van der Waals surface area contributed by atoms with Gasteiger partial charge in [-0.15, -0.1) is 24.0 Å². The maximum Gasteiger partial charge on any atom is 0.223 e. The molecule has 32 heavy (non-hydrogen) atoms. The van der Waals surface area contributed by atoms with E-state index in [0.29, 0.717) is 13.0 Å². The van der Waals surface area contributed by atoms with E-state index in [0.717, 1.165) is 50.7 Å². The van der Waals surface area contributed by atoms with Crippen LogP contribution in [0.2, 0.25) is 0 Å². The molecule has 1 aliphatic rings. The summed E-state index contributed by atoms with van der Waals surface area (Å²) in [5, 5.41) is 11.2. The molecule has 8 heteroatoms. The highest BCUT2D eigenvalue weighted by molar-refractivity contribution is 14.0. The van der Waals surface area contributed by atoms with Crippen LogP contribution in [-0.2, 0) is 24.7 Å². The second-order valence-electron chi connectivity index (χ2n) is 8.31. The third-order valence-corrected chi connectivity index (χ3v) is 5.99. The summed E-state index contributed by atoms with van der Waals surface area (Å²) < 4.78 is 1.94. The predicted molar refractivity (Wildman–Crippen MR) is 141 cm³/mol. The molecule has 1 amide bonds. The van der Waals surface area contributed by atoms with E-state index in [4.69, 9.17) is 4.99 Å². The topological polar surface area (TPSA) is 74.6 Å². The summed E-state index contributed by atoms with van der Waals surface area (Å²) in [5.74, 6) is 1.34. The first-order valence-electron chi connectivity index (χ1n) is 11.3. The Morgan fingerprint density at radius 3 is 2.59 bits per heavy atom. The van der Waals surface area contributed by atoms with Crippen LogP contribution in [0.15, 0.2) is 35.3 Å². The molecule has 1 unspecified atom stereocenters. The summed E-state index contributed by atoms with van der Waals surface area (Å²) in [6.07, 6.45) is 2.40. The van der Waals surface area contributed by atoms with Gasteiger partial charge in [-0.1, -0.05) is 30.3 Å². The van der Waals surface area contributed by atoms with Crippen LogP contribution in [0.4, 0.5) is 0 Å². The Hall–Kier alpha value is -2.10. The standard InChI is InChI=1S/C24H36N6O.HI/c1-5-25-24(26-13-11-22-18(2)28-29(4)19(22)3)27-16-21-15-23(31)30(17-21)14-12-20-9-7-6-8-10-20;/h6-10,21H,5,11-17H2,1-4H3,(H2,25,26,27);1H. The zero-order chi connectivity index (χ0) is 22.2. The van der Waals surface area contributed by atoms with Gasteiger partial charge >= 0.3 is 0 Å². The van der Waals surface area contributed by atoms with Crippen LogP contribution < -0.4 is 10.6 Å². The van der Waals surface area contributed by atoms with E-state index in [1.165, 1.54) is 16.8 Å². The number of hydrogen-bond acceptors (Lipinski definition) is 3. The smallest absolute Gasteiger partial charge is 0.223 e. The Bertz CT molecular complexity index is 895. The fourth-order valence-corrected chi connectivity index (χ4v) is 4.15. The van der Waals surface area contributed by atoms with Crippen LogP contribution in [0.5, 0.6) is 0 Å². The van der Waals surface area contributed by atoms with Crippen LogP contribution in [0.3, 0.4) is 0 Å². The highest BCUT2D eigenvalue weighted by atomic mass is 127. The van der Waals surface area contributed by atoms with Crippen molar-refractivity contribution in [3.63, 3.8) is 0 Å². The van der Waals surface area contributed by atoms with Crippen molar-refractivity contribution in [2.45, 2.75) is 40.0 Å². The molecular formula is C24H37IN6O.